The first-order valence-electron chi connectivity index (χ1n) is 10.6. The zero-order chi connectivity index (χ0) is 20.6. The average Bonchev–Trinajstić information content (AvgIpc) is 3.32. The van der Waals surface area contributed by atoms with E-state index in [1.807, 2.05) is 30.0 Å². The first-order valence-corrected chi connectivity index (χ1v) is 10.6. The fourth-order valence-electron chi connectivity index (χ4n) is 5.28. The van der Waals surface area contributed by atoms with Crippen molar-refractivity contribution in [3.8, 4) is 0 Å². The van der Waals surface area contributed by atoms with Crippen molar-refractivity contribution < 1.29 is 14.3 Å². The molecule has 0 saturated carbocycles. The lowest BCUT2D eigenvalue weighted by molar-refractivity contribution is 0.125. The van der Waals surface area contributed by atoms with Crippen LogP contribution in [0, 0.1) is 5.92 Å². The molecule has 7 heteroatoms. The molecule has 2 fully saturated rings. The number of rotatable bonds is 2. The van der Waals surface area contributed by atoms with Crippen LogP contribution >= 0.6 is 0 Å². The first kappa shape index (κ1) is 20.0. The Bertz CT molecular complexity index is 773. The Hall–Kier alpha value is -2.28. The predicted octanol–water partition coefficient (Wildman–Crippen LogP) is 2.61. The van der Waals surface area contributed by atoms with Crippen LogP contribution in [0.25, 0.3) is 0 Å². The van der Waals surface area contributed by atoms with E-state index in [1.54, 1.807) is 4.90 Å². The number of hydrogen-bond donors (Lipinski definition) is 0. The Morgan fingerprint density at radius 1 is 1.17 bits per heavy atom. The molecule has 158 valence electrons. The van der Waals surface area contributed by atoms with E-state index in [4.69, 9.17) is 4.74 Å². The van der Waals surface area contributed by atoms with Gasteiger partial charge in [0.1, 0.15) is 0 Å². The van der Waals surface area contributed by atoms with Gasteiger partial charge >= 0.3 is 12.1 Å². The third-order valence-corrected chi connectivity index (χ3v) is 6.89. The van der Waals surface area contributed by atoms with Crippen molar-refractivity contribution in [2.45, 2.75) is 24.7 Å². The minimum absolute atomic E-state index is 0.0608. The number of ether oxygens (including phenoxy) is 1. The summed E-state index contributed by atoms with van der Waals surface area (Å²) in [6.45, 7) is 5.47. The number of anilines is 1. The predicted molar refractivity (Wildman–Crippen MR) is 112 cm³/mol. The molecule has 2 saturated heterocycles. The van der Waals surface area contributed by atoms with Crippen LogP contribution in [0.4, 0.5) is 15.3 Å². The normalized spacial score (nSPS) is 23.3. The summed E-state index contributed by atoms with van der Waals surface area (Å²) in [5.41, 5.74) is 2.46. The lowest BCUT2D eigenvalue weighted by Gasteiger charge is -2.40. The minimum atomic E-state index is -0.210. The van der Waals surface area contributed by atoms with Crippen LogP contribution in [0.2, 0.25) is 0 Å². The second kappa shape index (κ2) is 7.86. The molecule has 3 aliphatic rings. The number of carbonyl (C=O) groups excluding carboxylic acids is 2. The molecule has 3 aliphatic heterocycles. The molecule has 0 bridgehead atoms. The van der Waals surface area contributed by atoms with E-state index in [0.717, 1.165) is 64.2 Å². The monoisotopic (exact) mass is 400 g/mol. The number of methoxy groups -OCH3 is 1. The van der Waals surface area contributed by atoms with E-state index in [0.29, 0.717) is 5.92 Å². The number of benzene rings is 1. The van der Waals surface area contributed by atoms with Crippen molar-refractivity contribution in [1.29, 1.82) is 0 Å². The van der Waals surface area contributed by atoms with Gasteiger partial charge in [-0.2, -0.15) is 0 Å². The largest absolute Gasteiger partial charge is 0.453 e. The molecule has 0 aliphatic carbocycles. The molecular weight excluding hydrogens is 368 g/mol. The zero-order valence-electron chi connectivity index (χ0n) is 17.8. The molecule has 4 rings (SSSR count). The molecular formula is C22H32N4O3. The molecule has 7 nitrogen and oxygen atoms in total. The lowest BCUT2D eigenvalue weighted by Crippen LogP contribution is -2.48. The average molecular weight is 401 g/mol. The Labute approximate surface area is 173 Å². The Balaban J connectivity index is 1.40. The summed E-state index contributed by atoms with van der Waals surface area (Å²) in [5.74, 6) is 0.519. The fourth-order valence-corrected chi connectivity index (χ4v) is 5.28. The van der Waals surface area contributed by atoms with Crippen LogP contribution in [-0.2, 0) is 10.2 Å². The summed E-state index contributed by atoms with van der Waals surface area (Å²) in [7, 11) is 5.08. The van der Waals surface area contributed by atoms with Gasteiger partial charge < -0.3 is 19.4 Å². The summed E-state index contributed by atoms with van der Waals surface area (Å²) in [4.78, 5) is 32.4. The molecule has 1 atom stereocenters. The molecule has 0 N–H and O–H groups in total. The molecule has 3 heterocycles. The zero-order valence-corrected chi connectivity index (χ0v) is 17.8. The smallest absolute Gasteiger partial charge is 0.409 e. The highest BCUT2D eigenvalue weighted by Gasteiger charge is 2.46. The second-order valence-electron chi connectivity index (χ2n) is 8.93. The van der Waals surface area contributed by atoms with Crippen molar-refractivity contribution in [1.82, 2.24) is 14.7 Å². The maximum atomic E-state index is 12.7. The van der Waals surface area contributed by atoms with E-state index in [-0.39, 0.29) is 17.5 Å². The topological polar surface area (TPSA) is 56.3 Å². The van der Waals surface area contributed by atoms with Crippen LogP contribution in [0.5, 0.6) is 0 Å². The molecule has 1 aromatic carbocycles. The highest BCUT2D eigenvalue weighted by molar-refractivity contribution is 5.95. The summed E-state index contributed by atoms with van der Waals surface area (Å²) in [5, 5.41) is 0. The van der Waals surface area contributed by atoms with Gasteiger partial charge in [-0.15, -0.1) is 0 Å². The maximum absolute atomic E-state index is 12.7. The van der Waals surface area contributed by atoms with E-state index in [2.05, 4.69) is 23.1 Å². The van der Waals surface area contributed by atoms with Crippen molar-refractivity contribution in [2.24, 2.45) is 5.92 Å². The number of hydrogen-bond acceptors (Lipinski definition) is 4. The molecule has 1 spiro atoms. The second-order valence-corrected chi connectivity index (χ2v) is 8.93. The Morgan fingerprint density at radius 2 is 1.90 bits per heavy atom. The highest BCUT2D eigenvalue weighted by atomic mass is 16.5. The number of piperidine rings is 1. The number of likely N-dealkylation sites (tertiary alicyclic amines) is 2. The van der Waals surface area contributed by atoms with Gasteiger partial charge in [0.05, 0.1) is 7.11 Å². The molecule has 0 radical (unpaired) electrons. The third-order valence-electron chi connectivity index (χ3n) is 6.89. The van der Waals surface area contributed by atoms with Gasteiger partial charge in [0, 0.05) is 51.4 Å². The van der Waals surface area contributed by atoms with E-state index in [1.165, 1.54) is 12.7 Å². The van der Waals surface area contributed by atoms with Crippen LogP contribution in [-0.4, -0.2) is 87.3 Å². The third kappa shape index (κ3) is 3.68. The highest BCUT2D eigenvalue weighted by Crippen LogP contribution is 2.47. The summed E-state index contributed by atoms with van der Waals surface area (Å²) >= 11 is 0. The van der Waals surface area contributed by atoms with Crippen molar-refractivity contribution >= 4 is 17.8 Å². The van der Waals surface area contributed by atoms with Crippen LogP contribution in [0.3, 0.4) is 0 Å². The van der Waals surface area contributed by atoms with Gasteiger partial charge in [-0.1, -0.05) is 18.2 Å². The fraction of sp³-hybridized carbons (Fsp3) is 0.636. The number of carbonyl (C=O) groups is 2. The number of para-hydroxylation sites is 1. The lowest BCUT2D eigenvalue weighted by atomic mass is 9.74. The van der Waals surface area contributed by atoms with Gasteiger partial charge in [-0.3, -0.25) is 4.90 Å². The number of fused-ring (bicyclic) bond motifs is 2. The van der Waals surface area contributed by atoms with E-state index < -0.39 is 0 Å². The van der Waals surface area contributed by atoms with Gasteiger partial charge in [0.2, 0.25) is 0 Å². The number of urea groups is 1. The molecule has 0 aromatic heterocycles. The van der Waals surface area contributed by atoms with Crippen LogP contribution in [0.15, 0.2) is 24.3 Å². The van der Waals surface area contributed by atoms with Crippen LogP contribution < -0.4 is 4.90 Å². The van der Waals surface area contributed by atoms with Gasteiger partial charge in [-0.25, -0.2) is 9.59 Å². The molecule has 3 amide bonds. The van der Waals surface area contributed by atoms with E-state index in [9.17, 15) is 9.59 Å². The SMILES string of the molecule is COC(=O)N1CC[C@H](CN2CCC3(CC2)CN(C(=O)N(C)C)c2ccccc23)C1. The standard InChI is InChI=1S/C22H32N4O3/c1-23(2)20(27)26-16-22(18-6-4-5-7-19(18)26)9-12-24(13-10-22)14-17-8-11-25(15-17)21(28)29-3/h4-7,17H,8-16H2,1-3H3/t17-/m1/s1. The number of amides is 3. The Morgan fingerprint density at radius 3 is 2.59 bits per heavy atom. The molecule has 1 aromatic rings. The minimum Gasteiger partial charge on any atom is -0.453 e. The van der Waals surface area contributed by atoms with Crippen molar-refractivity contribution in [3.05, 3.63) is 29.8 Å². The Kier molecular flexibility index (Phi) is 5.42. The van der Waals surface area contributed by atoms with Crippen LogP contribution in [0.1, 0.15) is 24.8 Å². The van der Waals surface area contributed by atoms with Crippen molar-refractivity contribution in [3.63, 3.8) is 0 Å². The van der Waals surface area contributed by atoms with Gasteiger partial charge in [0.25, 0.3) is 0 Å². The maximum Gasteiger partial charge on any atom is 0.409 e. The van der Waals surface area contributed by atoms with Gasteiger partial charge in [0.15, 0.2) is 0 Å². The summed E-state index contributed by atoms with van der Waals surface area (Å²) in [6.07, 6.45) is 2.96. The molecule has 29 heavy (non-hydrogen) atoms. The van der Waals surface area contributed by atoms with E-state index >= 15 is 0 Å². The summed E-state index contributed by atoms with van der Waals surface area (Å²) < 4.78 is 4.85. The summed E-state index contributed by atoms with van der Waals surface area (Å²) in [6, 6.07) is 8.47. The van der Waals surface area contributed by atoms with Gasteiger partial charge in [-0.05, 0) is 49.9 Å². The van der Waals surface area contributed by atoms with Crippen molar-refractivity contribution in [2.75, 3.05) is 65.4 Å². The molecule has 0 unspecified atom stereocenters. The quantitative estimate of drug-likeness (QED) is 0.766. The first-order chi connectivity index (χ1) is 13.9. The number of nitrogens with zero attached hydrogens (tertiary/aromatic N) is 4.